The molecule has 1 aliphatic heterocycles. The van der Waals surface area contributed by atoms with Gasteiger partial charge in [0.05, 0.1) is 0 Å². The molecule has 2 N–H and O–H groups in total. The van der Waals surface area contributed by atoms with Gasteiger partial charge in [0.2, 0.25) is 0 Å². The third-order valence-corrected chi connectivity index (χ3v) is 4.91. The number of hydrogen-bond donors (Lipinski definition) is 1. The first-order chi connectivity index (χ1) is 8.65. The van der Waals surface area contributed by atoms with Crippen LogP contribution in [0.2, 0.25) is 0 Å². The van der Waals surface area contributed by atoms with Crippen LogP contribution < -0.4 is 10.5 Å². The highest BCUT2D eigenvalue weighted by molar-refractivity contribution is 9.10. The summed E-state index contributed by atoms with van der Waals surface area (Å²) >= 11 is 5.22. The van der Waals surface area contributed by atoms with Gasteiger partial charge in [-0.25, -0.2) is 0 Å². The Morgan fingerprint density at radius 3 is 2.94 bits per heavy atom. The van der Waals surface area contributed by atoms with Crippen LogP contribution in [-0.4, -0.2) is 0 Å². The highest BCUT2D eigenvalue weighted by atomic mass is 79.9. The lowest BCUT2D eigenvalue weighted by Crippen LogP contribution is -2.23. The Morgan fingerprint density at radius 2 is 2.22 bits per heavy atom. The summed E-state index contributed by atoms with van der Waals surface area (Å²) in [7, 11) is 0. The van der Waals surface area contributed by atoms with E-state index in [2.05, 4.69) is 40.4 Å². The fraction of sp³-hybridized carbons (Fsp3) is 0.286. The van der Waals surface area contributed by atoms with Crippen molar-refractivity contribution in [3.63, 3.8) is 0 Å². The predicted octanol–water partition coefficient (Wildman–Crippen LogP) is 4.34. The molecule has 0 saturated heterocycles. The first-order valence-corrected chi connectivity index (χ1v) is 7.58. The van der Waals surface area contributed by atoms with Crippen molar-refractivity contribution in [1.82, 2.24) is 0 Å². The summed E-state index contributed by atoms with van der Waals surface area (Å²) < 4.78 is 7.14. The zero-order valence-electron chi connectivity index (χ0n) is 10.0. The summed E-state index contributed by atoms with van der Waals surface area (Å²) in [6.07, 6.45) is 0.929. The zero-order chi connectivity index (χ0) is 12.7. The van der Waals surface area contributed by atoms with Gasteiger partial charge >= 0.3 is 0 Å². The van der Waals surface area contributed by atoms with Crippen molar-refractivity contribution in [2.75, 3.05) is 0 Å². The quantitative estimate of drug-likeness (QED) is 0.847. The number of ether oxygens (including phenoxy) is 1. The lowest BCUT2D eigenvalue weighted by molar-refractivity contribution is 0.164. The van der Waals surface area contributed by atoms with E-state index in [9.17, 15) is 0 Å². The van der Waals surface area contributed by atoms with E-state index in [1.807, 2.05) is 12.1 Å². The molecule has 0 amide bonds. The SMILES string of the molecule is Cc1ccsc1C1C[C@@H](N)c2cc(Br)ccc2O1. The molecule has 0 saturated carbocycles. The molecule has 1 aromatic carbocycles. The molecule has 94 valence electrons. The van der Waals surface area contributed by atoms with Crippen molar-refractivity contribution in [2.45, 2.75) is 25.5 Å². The van der Waals surface area contributed by atoms with Crippen LogP contribution in [0.5, 0.6) is 5.75 Å². The molecular weight excluding hydrogens is 310 g/mol. The Bertz CT molecular complexity index is 581. The molecule has 3 rings (SSSR count). The van der Waals surface area contributed by atoms with Gasteiger partial charge in [0.25, 0.3) is 0 Å². The normalized spacial score (nSPS) is 22.4. The van der Waals surface area contributed by atoms with E-state index >= 15 is 0 Å². The largest absolute Gasteiger partial charge is 0.484 e. The van der Waals surface area contributed by atoms with E-state index in [1.165, 1.54) is 10.4 Å². The standard InChI is InChI=1S/C14H14BrNOS/c1-8-4-5-18-14(8)13-7-11(16)10-6-9(15)2-3-12(10)17-13/h2-6,11,13H,7,16H2,1H3/t11-,13?/m1/s1. The molecule has 0 aliphatic carbocycles. The molecule has 2 heterocycles. The van der Waals surface area contributed by atoms with Crippen molar-refractivity contribution in [3.05, 3.63) is 50.1 Å². The molecule has 1 aliphatic rings. The summed E-state index contributed by atoms with van der Waals surface area (Å²) in [5, 5.41) is 2.11. The van der Waals surface area contributed by atoms with Gasteiger partial charge in [-0.1, -0.05) is 15.9 Å². The maximum absolute atomic E-state index is 6.27. The van der Waals surface area contributed by atoms with E-state index in [0.29, 0.717) is 0 Å². The van der Waals surface area contributed by atoms with Gasteiger partial charge in [0, 0.05) is 27.4 Å². The highest BCUT2D eigenvalue weighted by Gasteiger charge is 2.28. The second-order valence-electron chi connectivity index (χ2n) is 4.60. The molecule has 0 fully saturated rings. The molecule has 0 bridgehead atoms. The van der Waals surface area contributed by atoms with Crippen LogP contribution in [0.25, 0.3) is 0 Å². The molecule has 18 heavy (non-hydrogen) atoms. The van der Waals surface area contributed by atoms with Gasteiger partial charge in [-0.05, 0) is 42.1 Å². The predicted molar refractivity (Wildman–Crippen MR) is 78.1 cm³/mol. The Labute approximate surface area is 119 Å². The average molecular weight is 324 g/mol. The number of benzene rings is 1. The summed E-state index contributed by atoms with van der Waals surface area (Å²) in [6, 6.07) is 8.21. The van der Waals surface area contributed by atoms with Gasteiger partial charge in [-0.2, -0.15) is 0 Å². The number of fused-ring (bicyclic) bond motifs is 1. The lowest BCUT2D eigenvalue weighted by Gasteiger charge is -2.30. The first kappa shape index (κ1) is 12.2. The van der Waals surface area contributed by atoms with Crippen LogP contribution in [0.1, 0.15) is 34.6 Å². The number of aryl methyl sites for hydroxylation is 1. The van der Waals surface area contributed by atoms with Gasteiger partial charge in [0.1, 0.15) is 11.9 Å². The third-order valence-electron chi connectivity index (χ3n) is 3.30. The average Bonchev–Trinajstić information content (AvgIpc) is 2.76. The van der Waals surface area contributed by atoms with E-state index in [0.717, 1.165) is 22.2 Å². The van der Waals surface area contributed by atoms with Gasteiger partial charge in [-0.3, -0.25) is 0 Å². The summed E-state index contributed by atoms with van der Waals surface area (Å²) in [4.78, 5) is 1.29. The second-order valence-corrected chi connectivity index (χ2v) is 6.46. The minimum absolute atomic E-state index is 0.0396. The Morgan fingerprint density at radius 1 is 1.39 bits per heavy atom. The molecule has 2 atom stereocenters. The molecule has 1 unspecified atom stereocenters. The molecule has 0 radical (unpaired) electrons. The smallest absolute Gasteiger partial charge is 0.135 e. The van der Waals surface area contributed by atoms with Crippen molar-refractivity contribution in [1.29, 1.82) is 0 Å². The van der Waals surface area contributed by atoms with Crippen LogP contribution in [0, 0.1) is 6.92 Å². The molecule has 1 aromatic heterocycles. The van der Waals surface area contributed by atoms with Crippen LogP contribution in [-0.2, 0) is 0 Å². The van der Waals surface area contributed by atoms with E-state index < -0.39 is 0 Å². The Hall–Kier alpha value is -0.840. The summed E-state index contributed by atoms with van der Waals surface area (Å²) in [5.74, 6) is 0.912. The number of nitrogens with two attached hydrogens (primary N) is 1. The van der Waals surface area contributed by atoms with Crippen LogP contribution >= 0.6 is 27.3 Å². The topological polar surface area (TPSA) is 35.2 Å². The lowest BCUT2D eigenvalue weighted by atomic mass is 9.96. The van der Waals surface area contributed by atoms with Crippen LogP contribution in [0.3, 0.4) is 0 Å². The molecule has 4 heteroatoms. The van der Waals surface area contributed by atoms with Crippen molar-refractivity contribution in [3.8, 4) is 5.75 Å². The third kappa shape index (κ3) is 2.09. The summed E-state index contributed by atoms with van der Waals surface area (Å²) in [5.41, 5.74) is 8.65. The fourth-order valence-corrected chi connectivity index (χ4v) is 3.70. The van der Waals surface area contributed by atoms with Gasteiger partial charge in [-0.15, -0.1) is 11.3 Å². The summed E-state index contributed by atoms with van der Waals surface area (Å²) in [6.45, 7) is 2.12. The van der Waals surface area contributed by atoms with Crippen molar-refractivity contribution in [2.24, 2.45) is 5.73 Å². The molecular formula is C14H14BrNOS. The molecule has 2 aromatic rings. The Balaban J connectivity index is 1.97. The minimum Gasteiger partial charge on any atom is -0.484 e. The highest BCUT2D eigenvalue weighted by Crippen LogP contribution is 2.42. The number of thiophene rings is 1. The first-order valence-electron chi connectivity index (χ1n) is 5.91. The maximum Gasteiger partial charge on any atom is 0.135 e. The van der Waals surface area contributed by atoms with Crippen molar-refractivity contribution < 1.29 is 4.74 Å². The van der Waals surface area contributed by atoms with Gasteiger partial charge in [0.15, 0.2) is 0 Å². The zero-order valence-corrected chi connectivity index (χ0v) is 12.4. The van der Waals surface area contributed by atoms with Crippen LogP contribution in [0.15, 0.2) is 34.1 Å². The minimum atomic E-state index is 0.0396. The molecule has 2 nitrogen and oxygen atoms in total. The maximum atomic E-state index is 6.27. The molecule has 0 spiro atoms. The van der Waals surface area contributed by atoms with E-state index in [1.54, 1.807) is 11.3 Å². The second kappa shape index (κ2) is 4.68. The number of halogens is 1. The van der Waals surface area contributed by atoms with Crippen LogP contribution in [0.4, 0.5) is 0 Å². The van der Waals surface area contributed by atoms with E-state index in [-0.39, 0.29) is 12.1 Å². The monoisotopic (exact) mass is 323 g/mol. The Kier molecular flexibility index (Phi) is 3.18. The number of rotatable bonds is 1. The van der Waals surface area contributed by atoms with Gasteiger partial charge < -0.3 is 10.5 Å². The fourth-order valence-electron chi connectivity index (χ4n) is 2.35. The van der Waals surface area contributed by atoms with E-state index in [4.69, 9.17) is 10.5 Å². The number of hydrogen-bond acceptors (Lipinski definition) is 3. The van der Waals surface area contributed by atoms with Crippen molar-refractivity contribution >= 4 is 27.3 Å².